The molecular formula is C21H22Br2FN3O4. The van der Waals surface area contributed by atoms with E-state index in [-0.39, 0.29) is 36.1 Å². The minimum Gasteiger partial charge on any atom is -0.481 e. The van der Waals surface area contributed by atoms with E-state index in [0.717, 1.165) is 5.56 Å². The number of amides is 1. The summed E-state index contributed by atoms with van der Waals surface area (Å²) in [5.41, 5.74) is 0.939. The number of non-ortho nitro benzene ring substituents is 1. The SMILES string of the molecule is C[C@@H]1CN(Cc2ccc(F)cc2)[C@@H](C)CN1C(=O)COc1c(Br)cc([N+](=O)[O-])cc1Br. The van der Waals surface area contributed by atoms with Gasteiger partial charge in [0.15, 0.2) is 6.61 Å². The summed E-state index contributed by atoms with van der Waals surface area (Å²) in [6.07, 6.45) is 0. The van der Waals surface area contributed by atoms with E-state index in [1.807, 2.05) is 6.92 Å². The fourth-order valence-electron chi connectivity index (χ4n) is 3.60. The van der Waals surface area contributed by atoms with Crippen LogP contribution >= 0.6 is 31.9 Å². The van der Waals surface area contributed by atoms with Crippen molar-refractivity contribution in [2.75, 3.05) is 19.7 Å². The van der Waals surface area contributed by atoms with Gasteiger partial charge in [0, 0.05) is 43.9 Å². The van der Waals surface area contributed by atoms with Crippen LogP contribution in [0, 0.1) is 15.9 Å². The molecule has 0 aliphatic carbocycles. The summed E-state index contributed by atoms with van der Waals surface area (Å²) in [6.45, 7) is 5.79. The lowest BCUT2D eigenvalue weighted by atomic mass is 10.1. The molecule has 1 saturated heterocycles. The summed E-state index contributed by atoms with van der Waals surface area (Å²) in [4.78, 5) is 27.3. The molecule has 1 aliphatic rings. The van der Waals surface area contributed by atoms with Crippen molar-refractivity contribution in [3.8, 4) is 5.75 Å². The summed E-state index contributed by atoms with van der Waals surface area (Å²) >= 11 is 6.53. The molecule has 0 saturated carbocycles. The molecule has 166 valence electrons. The molecule has 1 heterocycles. The summed E-state index contributed by atoms with van der Waals surface area (Å²) < 4.78 is 19.6. The fourth-order valence-corrected chi connectivity index (χ4v) is 4.99. The van der Waals surface area contributed by atoms with Crippen molar-refractivity contribution in [2.45, 2.75) is 32.5 Å². The lowest BCUT2D eigenvalue weighted by Crippen LogP contribution is -2.58. The topological polar surface area (TPSA) is 75.9 Å². The number of hydrogen-bond acceptors (Lipinski definition) is 5. The first-order valence-electron chi connectivity index (χ1n) is 9.70. The monoisotopic (exact) mass is 557 g/mol. The standard InChI is InChI=1S/C21H22Br2FN3O4/c1-13-10-26(14(2)9-25(13)11-15-3-5-16(24)6-4-15)20(28)12-31-21-18(22)7-17(27(29)30)8-19(21)23/h3-8,13-14H,9-12H2,1-2H3/t13-,14+/m0/s1. The van der Waals surface area contributed by atoms with Gasteiger partial charge in [0.25, 0.3) is 11.6 Å². The number of carbonyl (C=O) groups excluding carboxylic acids is 1. The van der Waals surface area contributed by atoms with E-state index in [0.29, 0.717) is 34.3 Å². The van der Waals surface area contributed by atoms with Gasteiger partial charge >= 0.3 is 0 Å². The van der Waals surface area contributed by atoms with Crippen LogP contribution in [-0.2, 0) is 11.3 Å². The Morgan fingerprint density at radius 2 is 1.77 bits per heavy atom. The molecule has 2 aromatic carbocycles. The van der Waals surface area contributed by atoms with Crippen LogP contribution in [0.4, 0.5) is 10.1 Å². The van der Waals surface area contributed by atoms with Crippen molar-refractivity contribution in [2.24, 2.45) is 0 Å². The van der Waals surface area contributed by atoms with Crippen molar-refractivity contribution >= 4 is 43.5 Å². The van der Waals surface area contributed by atoms with Crippen LogP contribution in [0.15, 0.2) is 45.3 Å². The lowest BCUT2D eigenvalue weighted by molar-refractivity contribution is -0.385. The molecule has 0 bridgehead atoms. The van der Waals surface area contributed by atoms with Crippen LogP contribution in [0.1, 0.15) is 19.4 Å². The maximum atomic E-state index is 13.1. The zero-order valence-corrected chi connectivity index (χ0v) is 20.2. The Bertz CT molecular complexity index is 951. The minimum absolute atomic E-state index is 0.0171. The van der Waals surface area contributed by atoms with Crippen molar-refractivity contribution in [3.63, 3.8) is 0 Å². The lowest BCUT2D eigenvalue weighted by Gasteiger charge is -2.44. The smallest absolute Gasteiger partial charge is 0.271 e. The average Bonchev–Trinajstić information content (AvgIpc) is 2.71. The third-order valence-electron chi connectivity index (χ3n) is 5.27. The van der Waals surface area contributed by atoms with E-state index >= 15 is 0 Å². The Morgan fingerprint density at radius 1 is 1.16 bits per heavy atom. The highest BCUT2D eigenvalue weighted by Crippen LogP contribution is 2.37. The highest BCUT2D eigenvalue weighted by Gasteiger charge is 2.32. The molecule has 10 heteroatoms. The number of rotatable bonds is 6. The number of carbonyl (C=O) groups is 1. The largest absolute Gasteiger partial charge is 0.481 e. The van der Waals surface area contributed by atoms with Gasteiger partial charge in [-0.3, -0.25) is 19.8 Å². The predicted octanol–water partition coefficient (Wildman–Crippen LogP) is 4.76. The molecule has 3 rings (SSSR count). The second-order valence-electron chi connectivity index (χ2n) is 7.58. The molecule has 2 aromatic rings. The van der Waals surface area contributed by atoms with Gasteiger partial charge in [-0.1, -0.05) is 12.1 Å². The van der Waals surface area contributed by atoms with Gasteiger partial charge in [-0.05, 0) is 63.4 Å². The molecule has 0 aromatic heterocycles. The maximum absolute atomic E-state index is 13.1. The number of ether oxygens (including phenoxy) is 1. The summed E-state index contributed by atoms with van der Waals surface area (Å²) in [5.74, 6) is -0.0700. The van der Waals surface area contributed by atoms with Crippen molar-refractivity contribution in [1.82, 2.24) is 9.80 Å². The number of nitro benzene ring substituents is 1. The van der Waals surface area contributed by atoms with Gasteiger partial charge in [0.05, 0.1) is 13.9 Å². The molecule has 7 nitrogen and oxygen atoms in total. The minimum atomic E-state index is -0.501. The Kier molecular flexibility index (Phi) is 7.66. The Labute approximate surface area is 196 Å². The average molecular weight is 559 g/mol. The van der Waals surface area contributed by atoms with Gasteiger partial charge in [-0.15, -0.1) is 0 Å². The number of piperazine rings is 1. The van der Waals surface area contributed by atoms with Gasteiger partial charge < -0.3 is 9.64 Å². The first kappa shape index (κ1) is 23.6. The zero-order chi connectivity index (χ0) is 22.7. The molecule has 1 amide bonds. The second-order valence-corrected chi connectivity index (χ2v) is 9.29. The zero-order valence-electron chi connectivity index (χ0n) is 17.1. The highest BCUT2D eigenvalue weighted by molar-refractivity contribution is 9.11. The molecule has 0 unspecified atom stereocenters. The van der Waals surface area contributed by atoms with Gasteiger partial charge in [-0.25, -0.2) is 4.39 Å². The van der Waals surface area contributed by atoms with Crippen LogP contribution in [0.2, 0.25) is 0 Å². The van der Waals surface area contributed by atoms with Crippen LogP contribution in [0.25, 0.3) is 0 Å². The first-order valence-corrected chi connectivity index (χ1v) is 11.3. The molecule has 0 radical (unpaired) electrons. The number of halogens is 3. The second kappa shape index (κ2) is 10.1. The number of nitro groups is 1. The predicted molar refractivity (Wildman–Crippen MR) is 121 cm³/mol. The summed E-state index contributed by atoms with van der Waals surface area (Å²) in [6, 6.07) is 9.24. The van der Waals surface area contributed by atoms with E-state index in [9.17, 15) is 19.3 Å². The Hall–Kier alpha value is -2.04. The maximum Gasteiger partial charge on any atom is 0.271 e. The van der Waals surface area contributed by atoms with E-state index in [1.165, 1.54) is 24.3 Å². The fraction of sp³-hybridized carbons (Fsp3) is 0.381. The highest BCUT2D eigenvalue weighted by atomic mass is 79.9. The van der Waals surface area contributed by atoms with Gasteiger partial charge in [-0.2, -0.15) is 0 Å². The van der Waals surface area contributed by atoms with Crippen molar-refractivity contribution < 1.29 is 18.8 Å². The van der Waals surface area contributed by atoms with Crippen LogP contribution in [0.3, 0.4) is 0 Å². The quantitative estimate of drug-likeness (QED) is 0.377. The normalized spacial score (nSPS) is 19.3. The van der Waals surface area contributed by atoms with Gasteiger partial charge in [0.2, 0.25) is 0 Å². The molecule has 2 atom stereocenters. The first-order chi connectivity index (χ1) is 14.7. The number of benzene rings is 2. The number of nitrogens with zero attached hydrogens (tertiary/aromatic N) is 3. The van der Waals surface area contributed by atoms with Crippen molar-refractivity contribution in [3.05, 3.63) is 66.8 Å². The summed E-state index contributed by atoms with van der Waals surface area (Å²) in [7, 11) is 0. The molecule has 31 heavy (non-hydrogen) atoms. The third-order valence-corrected chi connectivity index (χ3v) is 6.45. The molecule has 0 N–H and O–H groups in total. The van der Waals surface area contributed by atoms with E-state index in [4.69, 9.17) is 4.74 Å². The van der Waals surface area contributed by atoms with Crippen molar-refractivity contribution in [1.29, 1.82) is 0 Å². The molecule has 0 spiro atoms. The van der Waals surface area contributed by atoms with E-state index in [2.05, 4.69) is 43.7 Å². The molecular weight excluding hydrogens is 537 g/mol. The van der Waals surface area contributed by atoms with E-state index in [1.54, 1.807) is 17.0 Å². The third kappa shape index (κ3) is 5.81. The molecule has 1 aliphatic heterocycles. The van der Waals surface area contributed by atoms with Crippen LogP contribution in [-0.4, -0.2) is 52.4 Å². The van der Waals surface area contributed by atoms with Crippen LogP contribution < -0.4 is 4.74 Å². The Morgan fingerprint density at radius 3 is 2.35 bits per heavy atom. The molecule has 1 fully saturated rings. The van der Waals surface area contributed by atoms with Gasteiger partial charge in [0.1, 0.15) is 11.6 Å². The van der Waals surface area contributed by atoms with Crippen LogP contribution in [0.5, 0.6) is 5.75 Å². The number of hydrogen-bond donors (Lipinski definition) is 0. The summed E-state index contributed by atoms with van der Waals surface area (Å²) in [5, 5.41) is 11.0. The Balaban J connectivity index is 1.60. The van der Waals surface area contributed by atoms with E-state index < -0.39 is 4.92 Å².